The van der Waals surface area contributed by atoms with Gasteiger partial charge in [0.2, 0.25) is 0 Å². The quantitative estimate of drug-likeness (QED) is 0.180. The molecule has 0 aromatic heterocycles. The van der Waals surface area contributed by atoms with E-state index in [1.54, 1.807) is 0 Å². The van der Waals surface area contributed by atoms with Crippen LogP contribution in [0.2, 0.25) is 0 Å². The van der Waals surface area contributed by atoms with Gasteiger partial charge < -0.3 is 0 Å². The molecule has 1 aliphatic rings. The first-order valence-electron chi connectivity index (χ1n) is 13.9. The molecule has 0 saturated heterocycles. The fourth-order valence-electron chi connectivity index (χ4n) is 6.91. The molecular formula is C40H24. The van der Waals surface area contributed by atoms with Crippen LogP contribution in [-0.2, 0) is 0 Å². The van der Waals surface area contributed by atoms with Crippen LogP contribution >= 0.6 is 0 Å². The third-order valence-corrected chi connectivity index (χ3v) is 8.78. The van der Waals surface area contributed by atoms with Gasteiger partial charge in [-0.3, -0.25) is 0 Å². The molecule has 0 heterocycles. The van der Waals surface area contributed by atoms with Gasteiger partial charge >= 0.3 is 0 Å². The summed E-state index contributed by atoms with van der Waals surface area (Å²) in [6.07, 6.45) is 0. The molecule has 40 heavy (non-hydrogen) atoms. The number of hydrogen-bond donors (Lipinski definition) is 0. The van der Waals surface area contributed by atoms with Crippen molar-refractivity contribution in [3.05, 3.63) is 146 Å². The van der Waals surface area contributed by atoms with Crippen LogP contribution in [0.3, 0.4) is 0 Å². The Morgan fingerprint density at radius 1 is 0.200 bits per heavy atom. The zero-order valence-electron chi connectivity index (χ0n) is 21.9. The van der Waals surface area contributed by atoms with Gasteiger partial charge in [0, 0.05) is 0 Å². The molecule has 1 aliphatic carbocycles. The summed E-state index contributed by atoms with van der Waals surface area (Å²) in [5.41, 5.74) is 10.3. The molecule has 0 unspecified atom stereocenters. The molecule has 0 nitrogen and oxygen atoms in total. The topological polar surface area (TPSA) is 0 Å². The second kappa shape index (κ2) is 8.15. The Balaban J connectivity index is 1.50. The molecule has 8 aromatic rings. The third kappa shape index (κ3) is 3.02. The number of benzene rings is 8. The first kappa shape index (κ1) is 21.7. The van der Waals surface area contributed by atoms with Gasteiger partial charge in [0.15, 0.2) is 0 Å². The van der Waals surface area contributed by atoms with Crippen molar-refractivity contribution in [3.63, 3.8) is 0 Å². The average molecular weight is 505 g/mol. The van der Waals surface area contributed by atoms with Crippen LogP contribution in [0.5, 0.6) is 0 Å². The van der Waals surface area contributed by atoms with Crippen molar-refractivity contribution < 1.29 is 0 Å². The number of fused-ring (bicyclic) bond motifs is 14. The highest BCUT2D eigenvalue weighted by Gasteiger charge is 2.23. The van der Waals surface area contributed by atoms with Crippen LogP contribution in [-0.4, -0.2) is 0 Å². The van der Waals surface area contributed by atoms with Gasteiger partial charge in [-0.15, -0.1) is 0 Å². The zero-order chi connectivity index (χ0) is 26.2. The summed E-state index contributed by atoms with van der Waals surface area (Å²) in [4.78, 5) is 0. The maximum Gasteiger partial charge on any atom is -0.00921 e. The van der Waals surface area contributed by atoms with E-state index in [-0.39, 0.29) is 0 Å². The minimum Gasteiger partial charge on any atom is -0.0616 e. The Morgan fingerprint density at radius 3 is 1.02 bits per heavy atom. The van der Waals surface area contributed by atoms with Gasteiger partial charge in [0.05, 0.1) is 0 Å². The smallest absolute Gasteiger partial charge is 0.00921 e. The highest BCUT2D eigenvalue weighted by molar-refractivity contribution is 6.16. The summed E-state index contributed by atoms with van der Waals surface area (Å²) in [6, 6.07) is 54.1. The van der Waals surface area contributed by atoms with Crippen molar-refractivity contribution in [2.75, 3.05) is 0 Å². The fraction of sp³-hybridized carbons (Fsp3) is 0. The molecule has 0 aliphatic heterocycles. The molecule has 8 aromatic carbocycles. The summed E-state index contributed by atoms with van der Waals surface area (Å²) in [7, 11) is 0. The first-order valence-corrected chi connectivity index (χ1v) is 13.9. The van der Waals surface area contributed by atoms with Crippen molar-refractivity contribution in [2.45, 2.75) is 0 Å². The van der Waals surface area contributed by atoms with Crippen LogP contribution in [0.4, 0.5) is 0 Å². The van der Waals surface area contributed by atoms with E-state index in [9.17, 15) is 0 Å². The molecule has 0 fully saturated rings. The summed E-state index contributed by atoms with van der Waals surface area (Å²) in [6.45, 7) is 0. The number of hydrogen-bond acceptors (Lipinski definition) is 0. The second-order valence-electron chi connectivity index (χ2n) is 10.9. The van der Waals surface area contributed by atoms with E-state index in [0.29, 0.717) is 0 Å². The molecule has 0 heteroatoms. The lowest BCUT2D eigenvalue weighted by Crippen LogP contribution is -1.98. The summed E-state index contributed by atoms with van der Waals surface area (Å²) >= 11 is 0. The summed E-state index contributed by atoms with van der Waals surface area (Å²) in [5, 5.41) is 10.3. The van der Waals surface area contributed by atoms with Crippen molar-refractivity contribution in [2.24, 2.45) is 0 Å². The highest BCUT2D eigenvalue weighted by atomic mass is 14.3. The van der Waals surface area contributed by atoms with Gasteiger partial charge in [-0.2, -0.15) is 0 Å². The van der Waals surface area contributed by atoms with Gasteiger partial charge in [-0.25, -0.2) is 0 Å². The number of rotatable bonds is 0. The summed E-state index contributed by atoms with van der Waals surface area (Å²) in [5.74, 6) is 0. The van der Waals surface area contributed by atoms with E-state index in [2.05, 4.69) is 146 Å². The Morgan fingerprint density at radius 2 is 0.525 bits per heavy atom. The largest absolute Gasteiger partial charge is 0.0616 e. The van der Waals surface area contributed by atoms with Gasteiger partial charge in [-0.05, 0) is 112 Å². The Bertz CT molecular complexity index is 2320. The van der Waals surface area contributed by atoms with Gasteiger partial charge in [0.25, 0.3) is 0 Å². The van der Waals surface area contributed by atoms with Crippen LogP contribution in [0.15, 0.2) is 146 Å². The van der Waals surface area contributed by atoms with E-state index in [1.807, 2.05) is 0 Å². The molecule has 0 atom stereocenters. The van der Waals surface area contributed by atoms with Gasteiger partial charge in [-0.1, -0.05) is 121 Å². The Hall–Kier alpha value is -5.20. The molecule has 184 valence electrons. The lowest BCUT2D eigenvalue weighted by atomic mass is 9.79. The molecule has 0 N–H and O–H groups in total. The maximum absolute atomic E-state index is 2.45. The Labute approximate surface area is 232 Å². The molecule has 0 saturated carbocycles. The third-order valence-electron chi connectivity index (χ3n) is 8.78. The fourth-order valence-corrected chi connectivity index (χ4v) is 6.91. The maximum atomic E-state index is 2.45. The van der Waals surface area contributed by atoms with Crippen LogP contribution < -0.4 is 0 Å². The van der Waals surface area contributed by atoms with E-state index >= 15 is 0 Å². The van der Waals surface area contributed by atoms with Crippen molar-refractivity contribution in [1.82, 2.24) is 0 Å². The molecule has 0 radical (unpaired) electrons. The normalized spacial score (nSPS) is 12.0. The predicted octanol–water partition coefficient (Wildman–Crippen LogP) is 11.3. The zero-order valence-corrected chi connectivity index (χ0v) is 21.9. The minimum atomic E-state index is 1.27. The van der Waals surface area contributed by atoms with E-state index < -0.39 is 0 Å². The van der Waals surface area contributed by atoms with E-state index in [0.717, 1.165) is 0 Å². The lowest BCUT2D eigenvalue weighted by molar-refractivity contribution is 1.55. The SMILES string of the molecule is c1ccc2c(c1)-c1ccccc1-c1cc3c(ccc4ccccc43)cc1-c1cc3c(ccc4ccccc43)cc1-2. The van der Waals surface area contributed by atoms with Crippen molar-refractivity contribution >= 4 is 43.1 Å². The second-order valence-corrected chi connectivity index (χ2v) is 10.9. The monoisotopic (exact) mass is 504 g/mol. The van der Waals surface area contributed by atoms with Crippen LogP contribution in [0, 0.1) is 0 Å². The molecule has 0 bridgehead atoms. The van der Waals surface area contributed by atoms with E-state index in [4.69, 9.17) is 0 Å². The summed E-state index contributed by atoms with van der Waals surface area (Å²) < 4.78 is 0. The Kier molecular flexibility index (Phi) is 4.42. The molecule has 0 amide bonds. The van der Waals surface area contributed by atoms with Gasteiger partial charge in [0.1, 0.15) is 0 Å². The highest BCUT2D eigenvalue weighted by Crippen LogP contribution is 2.50. The molecular weight excluding hydrogens is 480 g/mol. The van der Waals surface area contributed by atoms with Crippen LogP contribution in [0.1, 0.15) is 0 Å². The van der Waals surface area contributed by atoms with E-state index in [1.165, 1.54) is 87.6 Å². The van der Waals surface area contributed by atoms with Crippen molar-refractivity contribution in [3.8, 4) is 44.5 Å². The minimum absolute atomic E-state index is 1.27. The van der Waals surface area contributed by atoms with Crippen molar-refractivity contribution in [1.29, 1.82) is 0 Å². The van der Waals surface area contributed by atoms with Crippen LogP contribution in [0.25, 0.3) is 87.6 Å². The lowest BCUT2D eigenvalue weighted by Gasteiger charge is -2.24. The average Bonchev–Trinajstić information content (AvgIpc) is 3.03. The standard InChI is InChI=1S/C40H24/c1-3-11-29-25(9-1)18-20-28-22-38-39(23-35(28)29)34-16-8-6-14-32(34)31-13-5-7-15-33(31)37-21-27-19-17-26-10-2-4-12-30(26)36(27)24-40(37)38/h1-24H. The first-order chi connectivity index (χ1) is 19.8. The molecule has 9 rings (SSSR count). The predicted molar refractivity (Wildman–Crippen MR) is 172 cm³/mol. The molecule has 0 spiro atoms.